The maximum Gasteiger partial charge on any atom is -0.0131 e. The van der Waals surface area contributed by atoms with E-state index in [4.69, 9.17) is 0 Å². The van der Waals surface area contributed by atoms with Gasteiger partial charge in [-0.2, -0.15) is 0 Å². The van der Waals surface area contributed by atoms with Gasteiger partial charge in [-0.3, -0.25) is 0 Å². The maximum atomic E-state index is 2.61. The molecule has 5 rings (SSSR count). The van der Waals surface area contributed by atoms with Gasteiger partial charge in [0.25, 0.3) is 0 Å². The van der Waals surface area contributed by atoms with Crippen LogP contribution in [0.2, 0.25) is 0 Å². The molecule has 1 aromatic rings. The summed E-state index contributed by atoms with van der Waals surface area (Å²) in [5.41, 5.74) is 3.54. The number of hydrogen-bond donors (Lipinski definition) is 0. The van der Waals surface area contributed by atoms with Crippen molar-refractivity contribution in [3.05, 3.63) is 51.1 Å². The first-order chi connectivity index (χ1) is 12.5. The summed E-state index contributed by atoms with van der Waals surface area (Å²) in [6.07, 6.45) is 15.9. The number of hydrogen-bond acceptors (Lipinski definition) is 0. The van der Waals surface area contributed by atoms with Gasteiger partial charge < -0.3 is 0 Å². The van der Waals surface area contributed by atoms with E-state index < -0.39 is 0 Å². The molecule has 4 aliphatic carbocycles. The molecule has 0 heterocycles. The van der Waals surface area contributed by atoms with Crippen molar-refractivity contribution in [1.29, 1.82) is 0 Å². The van der Waals surface area contributed by atoms with Gasteiger partial charge in [-0.15, -0.1) is 0 Å². The van der Waals surface area contributed by atoms with E-state index in [1.807, 2.05) is 0 Å². The third-order valence-electron chi connectivity index (χ3n) is 8.59. The van der Waals surface area contributed by atoms with Crippen LogP contribution in [-0.2, 0) is 6.42 Å². The lowest BCUT2D eigenvalue weighted by Gasteiger charge is -2.42. The topological polar surface area (TPSA) is 0 Å². The van der Waals surface area contributed by atoms with Crippen molar-refractivity contribution >= 4 is 28.7 Å². The molecule has 0 aromatic heterocycles. The molecule has 2 saturated carbocycles. The lowest BCUT2D eigenvalue weighted by Crippen LogP contribution is -2.34. The molecule has 0 spiro atoms. The first kappa shape index (κ1) is 17.5. The lowest BCUT2D eigenvalue weighted by atomic mass is 9.63. The minimum Gasteiger partial charge on any atom is -0.0802 e. The molecule has 26 heavy (non-hydrogen) atoms. The molecule has 0 nitrogen and oxygen atoms in total. The fourth-order valence-electron chi connectivity index (χ4n) is 7.18. The fraction of sp³-hybridized carbons (Fsp3) is 0.600. The molecule has 0 N–H and O–H groups in total. The monoisotopic (exact) mass is 458 g/mol. The van der Waals surface area contributed by atoms with Crippen LogP contribution in [0.15, 0.2) is 40.0 Å². The van der Waals surface area contributed by atoms with Crippen molar-refractivity contribution < 1.29 is 0 Å². The Morgan fingerprint density at radius 1 is 1.00 bits per heavy atom. The second-order valence-electron chi connectivity index (χ2n) is 9.95. The van der Waals surface area contributed by atoms with Gasteiger partial charge >= 0.3 is 0 Å². The summed E-state index contributed by atoms with van der Waals surface area (Å²) in [6, 6.07) is 9.01. The van der Waals surface area contributed by atoms with Gasteiger partial charge in [0.15, 0.2) is 0 Å². The molecular formula is C25H31I. The molecular weight excluding hydrogens is 427 g/mol. The van der Waals surface area contributed by atoms with Gasteiger partial charge in [-0.25, -0.2) is 0 Å². The Morgan fingerprint density at radius 3 is 2.73 bits per heavy atom. The third kappa shape index (κ3) is 2.75. The Bertz CT molecular complexity index is 755. The molecule has 4 aliphatic rings. The molecule has 0 saturated heterocycles. The van der Waals surface area contributed by atoms with Crippen LogP contribution in [0.1, 0.15) is 57.1 Å². The van der Waals surface area contributed by atoms with Gasteiger partial charge in [-0.1, -0.05) is 56.3 Å². The zero-order valence-corrected chi connectivity index (χ0v) is 18.3. The summed E-state index contributed by atoms with van der Waals surface area (Å²) >= 11 is 2.60. The summed E-state index contributed by atoms with van der Waals surface area (Å²) in [6.45, 7) is 5.22. The average molecular weight is 458 g/mol. The zero-order valence-electron chi connectivity index (χ0n) is 16.1. The highest BCUT2D eigenvalue weighted by Crippen LogP contribution is 2.64. The van der Waals surface area contributed by atoms with Crippen molar-refractivity contribution in [2.24, 2.45) is 40.9 Å². The number of benzene rings is 1. The maximum absolute atomic E-state index is 2.61. The predicted octanol–water partition coefficient (Wildman–Crippen LogP) is 7.29. The first-order valence-corrected chi connectivity index (χ1v) is 11.7. The highest BCUT2D eigenvalue weighted by atomic mass is 127. The summed E-state index contributed by atoms with van der Waals surface area (Å²) in [5, 5.41) is 0. The van der Waals surface area contributed by atoms with Crippen LogP contribution in [0.5, 0.6) is 0 Å². The summed E-state index contributed by atoms with van der Waals surface area (Å²) < 4.78 is 1.62. The fourth-order valence-corrected chi connectivity index (χ4v) is 7.90. The van der Waals surface area contributed by atoms with E-state index in [1.165, 1.54) is 44.1 Å². The van der Waals surface area contributed by atoms with Crippen molar-refractivity contribution in [2.75, 3.05) is 0 Å². The van der Waals surface area contributed by atoms with E-state index >= 15 is 0 Å². The Balaban J connectivity index is 1.36. The van der Waals surface area contributed by atoms with E-state index in [1.54, 1.807) is 9.14 Å². The van der Waals surface area contributed by atoms with Crippen LogP contribution in [0, 0.1) is 40.9 Å². The van der Waals surface area contributed by atoms with Crippen LogP contribution in [0.3, 0.4) is 0 Å². The Morgan fingerprint density at radius 2 is 1.85 bits per heavy atom. The molecule has 0 radical (unpaired) electrons. The minimum atomic E-state index is 0.523. The van der Waals surface area contributed by atoms with Crippen molar-refractivity contribution in [3.8, 4) is 0 Å². The first-order valence-electron chi connectivity index (χ1n) is 10.6. The summed E-state index contributed by atoms with van der Waals surface area (Å²) in [7, 11) is 0. The molecule has 2 fully saturated rings. The second kappa shape index (κ2) is 6.50. The number of rotatable bonds is 1. The van der Waals surface area contributed by atoms with Crippen LogP contribution in [0.25, 0.3) is 6.08 Å². The Labute approximate surface area is 172 Å². The lowest BCUT2D eigenvalue weighted by molar-refractivity contribution is 0.0891. The quantitative estimate of drug-likeness (QED) is 0.388. The van der Waals surface area contributed by atoms with E-state index in [0.29, 0.717) is 5.41 Å². The van der Waals surface area contributed by atoms with Crippen LogP contribution < -0.4 is 0 Å². The van der Waals surface area contributed by atoms with Crippen LogP contribution in [-0.4, -0.2) is 0 Å². The highest BCUT2D eigenvalue weighted by molar-refractivity contribution is 14.1. The van der Waals surface area contributed by atoms with Gasteiger partial charge in [0.05, 0.1) is 0 Å². The zero-order chi connectivity index (χ0) is 17.9. The standard InChI is InChI=1S/C25H31I/c1-25(2)23-14-19(18-8-7-16-5-3-4-6-17(16)13-18)9-11-21(23)22-12-10-20(26)15-24(22)25/h3-8,10,18-19,21-24H,9,11-15H2,1-2H3/t18?,19?,21-,22?,23?,24?/m0/s1. The average Bonchev–Trinajstić information content (AvgIpc) is 2.88. The highest BCUT2D eigenvalue weighted by Gasteiger charge is 2.56. The van der Waals surface area contributed by atoms with Crippen molar-refractivity contribution in [1.82, 2.24) is 0 Å². The molecule has 0 bridgehead atoms. The van der Waals surface area contributed by atoms with E-state index in [2.05, 4.69) is 78.9 Å². The molecule has 5 unspecified atom stereocenters. The third-order valence-corrected chi connectivity index (χ3v) is 9.47. The largest absolute Gasteiger partial charge is 0.0802 e. The molecule has 0 amide bonds. The molecule has 138 valence electrons. The summed E-state index contributed by atoms with van der Waals surface area (Å²) in [5.74, 6) is 5.49. The van der Waals surface area contributed by atoms with E-state index in [-0.39, 0.29) is 0 Å². The van der Waals surface area contributed by atoms with Gasteiger partial charge in [-0.05, 0) is 117 Å². The molecule has 1 aromatic carbocycles. The van der Waals surface area contributed by atoms with E-state index in [9.17, 15) is 0 Å². The predicted molar refractivity (Wildman–Crippen MR) is 119 cm³/mol. The minimum absolute atomic E-state index is 0.523. The van der Waals surface area contributed by atoms with Gasteiger partial charge in [0.2, 0.25) is 0 Å². The molecule has 0 aliphatic heterocycles. The normalized spacial score (nSPS) is 40.3. The van der Waals surface area contributed by atoms with Gasteiger partial charge in [0.1, 0.15) is 0 Å². The van der Waals surface area contributed by atoms with Gasteiger partial charge in [0, 0.05) is 0 Å². The number of fused-ring (bicyclic) bond motifs is 4. The number of halogens is 1. The number of allylic oxidation sites excluding steroid dienone is 3. The Hall–Kier alpha value is -0.570. The van der Waals surface area contributed by atoms with E-state index in [0.717, 1.165) is 35.5 Å². The smallest absolute Gasteiger partial charge is 0.0131 e. The molecule has 1 heteroatoms. The molecule has 6 atom stereocenters. The van der Waals surface area contributed by atoms with Crippen molar-refractivity contribution in [3.63, 3.8) is 0 Å². The summed E-state index contributed by atoms with van der Waals surface area (Å²) in [4.78, 5) is 0. The SMILES string of the molecule is CC1(C)C2CC(I)=CCC2[C@@H]2CCC(C3C=Cc4ccccc4C3)CC21. The Kier molecular flexibility index (Phi) is 4.38. The van der Waals surface area contributed by atoms with Crippen LogP contribution >= 0.6 is 22.6 Å². The second-order valence-corrected chi connectivity index (χ2v) is 11.3. The van der Waals surface area contributed by atoms with Crippen LogP contribution in [0.4, 0.5) is 0 Å². The van der Waals surface area contributed by atoms with Crippen molar-refractivity contribution in [2.45, 2.75) is 52.4 Å².